The maximum absolute atomic E-state index is 12.1. The summed E-state index contributed by atoms with van der Waals surface area (Å²) in [6, 6.07) is 5.49. The van der Waals surface area contributed by atoms with Crippen LogP contribution in [0.1, 0.15) is 0 Å². The van der Waals surface area contributed by atoms with Crippen molar-refractivity contribution in [3.05, 3.63) is 45.1 Å². The number of aliphatic hydroxyl groups excluding tert-OH is 2. The van der Waals surface area contributed by atoms with E-state index in [2.05, 4.69) is 0 Å². The SMILES string of the molecule is O=C1C(O)=c2c(oc(-c3ccc(O)cc3)c(O)c2=O)=CC1O. The molecule has 1 aromatic heterocycles. The first-order chi connectivity index (χ1) is 10.4. The molecule has 22 heavy (non-hydrogen) atoms. The lowest BCUT2D eigenvalue weighted by Crippen LogP contribution is -2.47. The third kappa shape index (κ3) is 1.95. The summed E-state index contributed by atoms with van der Waals surface area (Å²) < 4.78 is 5.35. The summed E-state index contributed by atoms with van der Waals surface area (Å²) in [5.74, 6) is -2.99. The van der Waals surface area contributed by atoms with Crippen LogP contribution in [0.25, 0.3) is 23.2 Å². The van der Waals surface area contributed by atoms with Gasteiger partial charge in [-0.2, -0.15) is 0 Å². The van der Waals surface area contributed by atoms with Gasteiger partial charge in [-0.25, -0.2) is 0 Å². The van der Waals surface area contributed by atoms with E-state index in [4.69, 9.17) is 4.42 Å². The minimum Gasteiger partial charge on any atom is -0.508 e. The minimum absolute atomic E-state index is 0.0119. The number of fused-ring (bicyclic) bond motifs is 1. The van der Waals surface area contributed by atoms with Crippen LogP contribution in [0.4, 0.5) is 0 Å². The van der Waals surface area contributed by atoms with Crippen LogP contribution < -0.4 is 16.1 Å². The van der Waals surface area contributed by atoms with Crippen LogP contribution in [-0.4, -0.2) is 32.3 Å². The van der Waals surface area contributed by atoms with Gasteiger partial charge >= 0.3 is 0 Å². The molecule has 1 aliphatic rings. The van der Waals surface area contributed by atoms with Gasteiger partial charge in [0.05, 0.1) is 0 Å². The fourth-order valence-corrected chi connectivity index (χ4v) is 2.18. The number of hydrogen-bond donors (Lipinski definition) is 4. The van der Waals surface area contributed by atoms with E-state index in [9.17, 15) is 30.0 Å². The van der Waals surface area contributed by atoms with Gasteiger partial charge in [0.15, 0.2) is 11.5 Å². The Labute approximate surface area is 122 Å². The van der Waals surface area contributed by atoms with Crippen molar-refractivity contribution in [1.29, 1.82) is 0 Å². The smallest absolute Gasteiger partial charge is 0.238 e. The van der Waals surface area contributed by atoms with Gasteiger partial charge in [-0.15, -0.1) is 0 Å². The normalized spacial score (nSPS) is 17.0. The third-order valence-electron chi connectivity index (χ3n) is 3.29. The standard InChI is InChI=1S/C15H10O7/c16-7-3-1-6(2-4-7)15-14(21)13(20)10-9(22-15)5-8(17)11(18)12(10)19/h1-5,8,16-17,19,21H. The Morgan fingerprint density at radius 1 is 1.00 bits per heavy atom. The summed E-state index contributed by atoms with van der Waals surface area (Å²) in [5.41, 5.74) is -0.900. The molecule has 0 amide bonds. The molecule has 1 aromatic carbocycles. The highest BCUT2D eigenvalue weighted by atomic mass is 16.4. The maximum atomic E-state index is 12.1. The molecule has 7 heteroatoms. The predicted octanol–water partition coefficient (Wildman–Crippen LogP) is -0.892. The van der Waals surface area contributed by atoms with Gasteiger partial charge in [-0.05, 0) is 30.3 Å². The number of Topliss-reactive ketones (excluding diaryl/α,β-unsaturated/α-hetero) is 1. The average Bonchev–Trinajstić information content (AvgIpc) is 2.49. The van der Waals surface area contributed by atoms with Crippen molar-refractivity contribution < 1.29 is 29.6 Å². The minimum atomic E-state index is -1.63. The number of aliphatic hydroxyl groups is 2. The Morgan fingerprint density at radius 2 is 1.64 bits per heavy atom. The van der Waals surface area contributed by atoms with Gasteiger partial charge in [0, 0.05) is 5.56 Å². The monoisotopic (exact) mass is 302 g/mol. The van der Waals surface area contributed by atoms with Crippen molar-refractivity contribution in [2.45, 2.75) is 6.10 Å². The zero-order valence-corrected chi connectivity index (χ0v) is 11.0. The number of carbonyl (C=O) groups excluding carboxylic acids is 1. The molecule has 0 aliphatic heterocycles. The molecule has 2 aromatic rings. The molecule has 1 atom stereocenters. The third-order valence-corrected chi connectivity index (χ3v) is 3.29. The zero-order valence-electron chi connectivity index (χ0n) is 11.0. The van der Waals surface area contributed by atoms with Gasteiger partial charge in [-0.1, -0.05) is 0 Å². The van der Waals surface area contributed by atoms with Crippen molar-refractivity contribution in [2.75, 3.05) is 0 Å². The largest absolute Gasteiger partial charge is 0.508 e. The van der Waals surface area contributed by atoms with E-state index in [0.717, 1.165) is 6.08 Å². The van der Waals surface area contributed by atoms with E-state index >= 15 is 0 Å². The lowest BCUT2D eigenvalue weighted by atomic mass is 10.0. The van der Waals surface area contributed by atoms with Crippen LogP contribution >= 0.6 is 0 Å². The highest BCUT2D eigenvalue weighted by Crippen LogP contribution is 2.26. The fourth-order valence-electron chi connectivity index (χ4n) is 2.18. The second-order valence-electron chi connectivity index (χ2n) is 4.72. The van der Waals surface area contributed by atoms with Crippen LogP contribution in [0.2, 0.25) is 0 Å². The van der Waals surface area contributed by atoms with Crippen molar-refractivity contribution in [2.24, 2.45) is 0 Å². The number of hydrogen-bond acceptors (Lipinski definition) is 7. The molecule has 0 spiro atoms. The fraction of sp³-hybridized carbons (Fsp3) is 0.0667. The number of ketones is 1. The molecule has 1 aliphatic carbocycles. The molecule has 0 fully saturated rings. The van der Waals surface area contributed by atoms with Crippen molar-refractivity contribution in [1.82, 2.24) is 0 Å². The summed E-state index contributed by atoms with van der Waals surface area (Å²) in [7, 11) is 0. The Balaban J connectivity index is 2.40. The Morgan fingerprint density at radius 3 is 2.27 bits per heavy atom. The maximum Gasteiger partial charge on any atom is 0.238 e. The number of phenols is 1. The van der Waals surface area contributed by atoms with Crippen molar-refractivity contribution >= 4 is 17.6 Å². The molecule has 4 N–H and O–H groups in total. The Kier molecular flexibility index (Phi) is 3.00. The van der Waals surface area contributed by atoms with Crippen molar-refractivity contribution in [3.8, 4) is 22.8 Å². The zero-order chi connectivity index (χ0) is 16.0. The molecular weight excluding hydrogens is 292 g/mol. The summed E-state index contributed by atoms with van der Waals surface area (Å²) in [6.45, 7) is 0. The first kappa shape index (κ1) is 13.9. The molecule has 3 rings (SSSR count). The van der Waals surface area contributed by atoms with Crippen LogP contribution in [0.5, 0.6) is 11.5 Å². The van der Waals surface area contributed by atoms with Gasteiger partial charge in [0.2, 0.25) is 17.0 Å². The molecule has 0 bridgehead atoms. The first-order valence-corrected chi connectivity index (χ1v) is 6.23. The predicted molar refractivity (Wildman–Crippen MR) is 74.5 cm³/mol. The summed E-state index contributed by atoms with van der Waals surface area (Å²) in [6.07, 6.45) is -0.657. The molecule has 112 valence electrons. The number of rotatable bonds is 1. The molecule has 1 unspecified atom stereocenters. The number of aromatic hydroxyl groups is 2. The first-order valence-electron chi connectivity index (χ1n) is 6.23. The van der Waals surface area contributed by atoms with E-state index in [1.54, 1.807) is 0 Å². The van der Waals surface area contributed by atoms with Crippen LogP contribution in [-0.2, 0) is 4.79 Å². The van der Waals surface area contributed by atoms with Crippen LogP contribution in [0.3, 0.4) is 0 Å². The second-order valence-corrected chi connectivity index (χ2v) is 4.72. The molecule has 7 nitrogen and oxygen atoms in total. The van der Waals surface area contributed by atoms with Crippen LogP contribution in [0.15, 0.2) is 33.5 Å². The molecule has 1 heterocycles. The van der Waals surface area contributed by atoms with E-state index < -0.39 is 34.0 Å². The number of benzene rings is 1. The van der Waals surface area contributed by atoms with E-state index in [1.165, 1.54) is 24.3 Å². The molecular formula is C15H10O7. The summed E-state index contributed by atoms with van der Waals surface area (Å²) in [5, 5.41) is 37.9. The number of carbonyl (C=O) groups is 1. The van der Waals surface area contributed by atoms with Crippen LogP contribution in [0, 0.1) is 0 Å². The highest BCUT2D eigenvalue weighted by molar-refractivity contribution is 6.17. The van der Waals surface area contributed by atoms with Gasteiger partial charge in [0.1, 0.15) is 22.5 Å². The number of phenolic OH excluding ortho intramolecular Hbond substituents is 1. The molecule has 0 saturated heterocycles. The molecule has 0 radical (unpaired) electrons. The Bertz CT molecular complexity index is 951. The summed E-state index contributed by atoms with van der Waals surface area (Å²) >= 11 is 0. The van der Waals surface area contributed by atoms with E-state index in [-0.39, 0.29) is 16.9 Å². The van der Waals surface area contributed by atoms with Gasteiger partial charge < -0.3 is 24.8 Å². The van der Waals surface area contributed by atoms with E-state index in [1.807, 2.05) is 0 Å². The lowest BCUT2D eigenvalue weighted by Gasteiger charge is -2.10. The van der Waals surface area contributed by atoms with Crippen molar-refractivity contribution in [3.63, 3.8) is 0 Å². The molecule has 0 saturated carbocycles. The topological polar surface area (TPSA) is 128 Å². The average molecular weight is 302 g/mol. The van der Waals surface area contributed by atoms with Gasteiger partial charge in [0.25, 0.3) is 0 Å². The quantitative estimate of drug-likeness (QED) is 0.538. The lowest BCUT2D eigenvalue weighted by molar-refractivity contribution is -0.120. The highest BCUT2D eigenvalue weighted by Gasteiger charge is 2.26. The Hall–Kier alpha value is -3.06. The van der Waals surface area contributed by atoms with E-state index in [0.29, 0.717) is 5.56 Å². The summed E-state index contributed by atoms with van der Waals surface area (Å²) in [4.78, 5) is 23.6. The second kappa shape index (κ2) is 4.74. The van der Waals surface area contributed by atoms with Gasteiger partial charge in [-0.3, -0.25) is 9.59 Å².